The van der Waals surface area contributed by atoms with Gasteiger partial charge in [0.25, 0.3) is 5.91 Å². The molecule has 8 nitrogen and oxygen atoms in total. The highest BCUT2D eigenvalue weighted by Crippen LogP contribution is 2.34. The van der Waals surface area contributed by atoms with Gasteiger partial charge in [0.1, 0.15) is 5.82 Å². The van der Waals surface area contributed by atoms with Crippen LogP contribution in [0.4, 0.5) is 10.3 Å². The minimum atomic E-state index is -0.457. The average molecular weight is 421 g/mol. The number of fused-ring (bicyclic) bond motifs is 1. The Morgan fingerprint density at radius 3 is 2.55 bits per heavy atom. The quantitative estimate of drug-likeness (QED) is 0.647. The molecule has 0 saturated carbocycles. The molecule has 0 N–H and O–H groups in total. The summed E-state index contributed by atoms with van der Waals surface area (Å²) in [7, 11) is 0. The number of carbonyl (C=O) groups is 1. The van der Waals surface area contributed by atoms with Gasteiger partial charge in [-0.15, -0.1) is 0 Å². The fourth-order valence-electron chi connectivity index (χ4n) is 4.79. The Morgan fingerprint density at radius 1 is 1.06 bits per heavy atom. The van der Waals surface area contributed by atoms with Crippen LogP contribution >= 0.6 is 0 Å². The minimum Gasteiger partial charge on any atom is -0.336 e. The van der Waals surface area contributed by atoms with Gasteiger partial charge in [-0.25, -0.2) is 14.4 Å². The number of halogens is 1. The molecule has 1 amide bonds. The first-order valence-electron chi connectivity index (χ1n) is 10.5. The number of benzene rings is 1. The number of anilines is 1. The van der Waals surface area contributed by atoms with Gasteiger partial charge in [-0.2, -0.15) is 15.0 Å². The predicted octanol–water partition coefficient (Wildman–Crippen LogP) is 2.55. The van der Waals surface area contributed by atoms with Crippen molar-refractivity contribution in [3.63, 3.8) is 0 Å². The molecule has 2 aliphatic rings. The van der Waals surface area contributed by atoms with Crippen molar-refractivity contribution in [3.8, 4) is 5.69 Å². The van der Waals surface area contributed by atoms with Gasteiger partial charge in [-0.05, 0) is 56.9 Å². The van der Waals surface area contributed by atoms with Crippen LogP contribution in [0.5, 0.6) is 0 Å². The lowest BCUT2D eigenvalue weighted by atomic mass is 9.92. The molecule has 5 rings (SSSR count). The molecule has 9 heteroatoms. The van der Waals surface area contributed by atoms with Crippen LogP contribution in [-0.4, -0.2) is 61.4 Å². The summed E-state index contributed by atoms with van der Waals surface area (Å²) in [5.74, 6) is 0.402. The van der Waals surface area contributed by atoms with E-state index in [9.17, 15) is 9.18 Å². The molecule has 0 spiro atoms. The first-order valence-corrected chi connectivity index (χ1v) is 10.5. The Morgan fingerprint density at radius 2 is 1.81 bits per heavy atom. The zero-order valence-electron chi connectivity index (χ0n) is 17.6. The molecule has 1 aromatic carbocycles. The number of piperidine rings is 1. The van der Waals surface area contributed by atoms with Crippen molar-refractivity contribution in [2.45, 2.75) is 32.7 Å². The van der Waals surface area contributed by atoms with Gasteiger partial charge < -0.3 is 9.80 Å². The average Bonchev–Trinajstić information content (AvgIpc) is 3.42. The number of nitrogens with zero attached hydrogens (tertiary/aromatic N) is 7. The second-order valence-corrected chi connectivity index (χ2v) is 8.30. The Hall–Kier alpha value is -3.36. The van der Waals surface area contributed by atoms with E-state index in [2.05, 4.69) is 25.1 Å². The SMILES string of the molecule is Cc1cc(C)nc(N2CCC[C@@H]3CN(C(=O)c4cc(F)ccc4-n4nccn4)C[C@@H]32)n1. The van der Waals surface area contributed by atoms with Crippen molar-refractivity contribution < 1.29 is 9.18 Å². The van der Waals surface area contributed by atoms with Crippen LogP contribution in [0.25, 0.3) is 5.69 Å². The maximum absolute atomic E-state index is 14.0. The third-order valence-electron chi connectivity index (χ3n) is 6.12. The lowest BCUT2D eigenvalue weighted by Crippen LogP contribution is -2.46. The lowest BCUT2D eigenvalue weighted by Gasteiger charge is -2.37. The minimum absolute atomic E-state index is 0.152. The Balaban J connectivity index is 1.44. The Labute approximate surface area is 179 Å². The summed E-state index contributed by atoms with van der Waals surface area (Å²) in [4.78, 5) is 28.2. The van der Waals surface area contributed by atoms with E-state index < -0.39 is 5.82 Å². The van der Waals surface area contributed by atoms with Gasteiger partial charge in [0.05, 0.1) is 29.7 Å². The summed E-state index contributed by atoms with van der Waals surface area (Å²) in [6.45, 7) is 6.00. The zero-order valence-corrected chi connectivity index (χ0v) is 17.6. The zero-order chi connectivity index (χ0) is 21.5. The van der Waals surface area contributed by atoms with E-state index >= 15 is 0 Å². The first-order chi connectivity index (χ1) is 15.0. The van der Waals surface area contributed by atoms with Crippen LogP contribution in [0.15, 0.2) is 36.7 Å². The highest BCUT2D eigenvalue weighted by molar-refractivity contribution is 5.98. The van der Waals surface area contributed by atoms with Gasteiger partial charge in [0.15, 0.2) is 0 Å². The van der Waals surface area contributed by atoms with E-state index in [1.54, 1.807) is 6.07 Å². The second-order valence-electron chi connectivity index (χ2n) is 8.30. The number of aryl methyl sites for hydroxylation is 2. The molecule has 0 bridgehead atoms. The molecule has 0 unspecified atom stereocenters. The summed E-state index contributed by atoms with van der Waals surface area (Å²) < 4.78 is 14.0. The molecule has 160 valence electrons. The van der Waals surface area contributed by atoms with Crippen LogP contribution in [0, 0.1) is 25.6 Å². The Kier molecular flexibility index (Phi) is 4.88. The molecule has 0 radical (unpaired) electrons. The Bertz CT molecular complexity index is 1100. The number of aromatic nitrogens is 5. The van der Waals surface area contributed by atoms with Gasteiger partial charge in [-0.3, -0.25) is 4.79 Å². The van der Waals surface area contributed by atoms with E-state index in [0.29, 0.717) is 24.7 Å². The number of amides is 1. The summed E-state index contributed by atoms with van der Waals surface area (Å²) in [6.07, 6.45) is 5.14. The number of likely N-dealkylation sites (tertiary alicyclic amines) is 1. The van der Waals surface area contributed by atoms with Crippen molar-refractivity contribution in [2.75, 3.05) is 24.5 Å². The molecule has 4 heterocycles. The molecule has 31 heavy (non-hydrogen) atoms. The largest absolute Gasteiger partial charge is 0.336 e. The molecule has 2 aromatic heterocycles. The topological polar surface area (TPSA) is 80.0 Å². The van der Waals surface area contributed by atoms with Crippen LogP contribution in [0.2, 0.25) is 0 Å². The van der Waals surface area contributed by atoms with Gasteiger partial charge in [0, 0.05) is 31.0 Å². The molecule has 2 atom stereocenters. The summed E-state index contributed by atoms with van der Waals surface area (Å²) in [6, 6.07) is 6.25. The van der Waals surface area contributed by atoms with E-state index in [1.807, 2.05) is 24.8 Å². The van der Waals surface area contributed by atoms with Crippen LogP contribution in [0.1, 0.15) is 34.6 Å². The smallest absolute Gasteiger partial charge is 0.256 e. The monoisotopic (exact) mass is 421 g/mol. The highest BCUT2D eigenvalue weighted by atomic mass is 19.1. The molecule has 0 aliphatic carbocycles. The third kappa shape index (κ3) is 3.64. The van der Waals surface area contributed by atoms with Gasteiger partial charge in [-0.1, -0.05) is 0 Å². The molecular weight excluding hydrogens is 397 g/mol. The number of carbonyl (C=O) groups excluding carboxylic acids is 1. The van der Waals surface area contributed by atoms with Crippen molar-refractivity contribution in [1.29, 1.82) is 0 Å². The number of rotatable bonds is 3. The van der Waals surface area contributed by atoms with Crippen molar-refractivity contribution >= 4 is 11.9 Å². The molecule has 2 saturated heterocycles. The van der Waals surface area contributed by atoms with Gasteiger partial charge in [0.2, 0.25) is 5.95 Å². The molecule has 3 aromatic rings. The van der Waals surface area contributed by atoms with Crippen molar-refractivity contribution in [1.82, 2.24) is 29.9 Å². The maximum Gasteiger partial charge on any atom is 0.256 e. The van der Waals surface area contributed by atoms with E-state index in [1.165, 1.54) is 29.3 Å². The highest BCUT2D eigenvalue weighted by Gasteiger charge is 2.42. The molecule has 2 fully saturated rings. The summed E-state index contributed by atoms with van der Waals surface area (Å²) in [5.41, 5.74) is 2.61. The number of hydrogen-bond acceptors (Lipinski definition) is 6. The van der Waals surface area contributed by atoms with Crippen LogP contribution < -0.4 is 4.90 Å². The lowest BCUT2D eigenvalue weighted by molar-refractivity contribution is 0.0785. The van der Waals surface area contributed by atoms with Crippen molar-refractivity contribution in [3.05, 3.63) is 59.4 Å². The summed E-state index contributed by atoms with van der Waals surface area (Å²) in [5, 5.41) is 8.23. The maximum atomic E-state index is 14.0. The van der Waals surface area contributed by atoms with Crippen molar-refractivity contribution in [2.24, 2.45) is 5.92 Å². The van der Waals surface area contributed by atoms with Crippen LogP contribution in [0.3, 0.4) is 0 Å². The van der Waals surface area contributed by atoms with E-state index in [0.717, 1.165) is 36.7 Å². The molecule has 2 aliphatic heterocycles. The third-order valence-corrected chi connectivity index (χ3v) is 6.12. The number of hydrogen-bond donors (Lipinski definition) is 0. The fraction of sp³-hybridized carbons (Fsp3) is 0.409. The predicted molar refractivity (Wildman–Crippen MR) is 113 cm³/mol. The second kappa shape index (κ2) is 7.72. The van der Waals surface area contributed by atoms with E-state index in [4.69, 9.17) is 0 Å². The standard InChI is InChI=1S/C22H24FN7O/c1-14-10-15(2)27-22(26-14)29-9-3-4-16-12-28(13-20(16)29)21(31)18-11-17(23)5-6-19(18)30-24-7-8-25-30/h5-8,10-11,16,20H,3-4,9,12-13H2,1-2H3/t16-,20+/m1/s1. The fourth-order valence-corrected chi connectivity index (χ4v) is 4.79. The van der Waals surface area contributed by atoms with E-state index in [-0.39, 0.29) is 17.5 Å². The van der Waals surface area contributed by atoms with Gasteiger partial charge >= 0.3 is 0 Å². The normalized spacial score (nSPS) is 20.7. The molecular formula is C22H24FN7O. The van der Waals surface area contributed by atoms with Crippen LogP contribution in [-0.2, 0) is 0 Å². The summed E-state index contributed by atoms with van der Waals surface area (Å²) >= 11 is 0. The first kappa shape index (κ1) is 19.6.